The molecule has 9 heteroatoms. The van der Waals surface area contributed by atoms with Gasteiger partial charge in [0.25, 0.3) is 0 Å². The number of carbonyl (C=O) groups is 1. The number of anilines is 18. The molecular formula is C97H66N6O3. The van der Waals surface area contributed by atoms with Crippen molar-refractivity contribution in [2.45, 2.75) is 0 Å². The van der Waals surface area contributed by atoms with Crippen molar-refractivity contribution < 1.29 is 14.3 Å². The lowest BCUT2D eigenvalue weighted by Crippen LogP contribution is -2.18. The molecule has 2 heterocycles. The van der Waals surface area contributed by atoms with Gasteiger partial charge in [-0.25, -0.2) is 0 Å². The average Bonchev–Trinajstić information content (AvgIpc) is 0.862. The van der Waals surface area contributed by atoms with Gasteiger partial charge in [0.05, 0.1) is 22.7 Å². The fraction of sp³-hybridized carbons (Fsp3) is 0. The summed E-state index contributed by atoms with van der Waals surface area (Å²) in [6.07, 6.45) is 0. The fourth-order valence-electron chi connectivity index (χ4n) is 15.1. The Balaban J connectivity index is 0.634. The van der Waals surface area contributed by atoms with Crippen LogP contribution in [0.4, 0.5) is 102 Å². The highest BCUT2D eigenvalue weighted by atomic mass is 16.5. The highest BCUT2D eigenvalue weighted by Crippen LogP contribution is 2.57. The van der Waals surface area contributed by atoms with E-state index in [1.807, 2.05) is 48.5 Å². The van der Waals surface area contributed by atoms with E-state index in [2.05, 4.69) is 381 Å². The Kier molecular flexibility index (Phi) is 15.8. The summed E-state index contributed by atoms with van der Waals surface area (Å²) in [7, 11) is 0. The van der Waals surface area contributed by atoms with Gasteiger partial charge in [0.15, 0.2) is 28.8 Å². The maximum Gasteiger partial charge on any atom is 0.194 e. The van der Waals surface area contributed by atoms with E-state index in [9.17, 15) is 4.79 Å². The minimum Gasteiger partial charge on any atom is -0.453 e. The summed E-state index contributed by atoms with van der Waals surface area (Å²) in [6, 6.07) is 139. The molecule has 0 spiro atoms. The molecule has 9 nitrogen and oxygen atoms in total. The van der Waals surface area contributed by atoms with Crippen molar-refractivity contribution in [2.75, 3.05) is 29.4 Å². The number of hydrogen-bond acceptors (Lipinski definition) is 9. The van der Waals surface area contributed by atoms with Crippen LogP contribution < -0.4 is 38.9 Å². The third-order valence-electron chi connectivity index (χ3n) is 20.1. The molecule has 106 heavy (non-hydrogen) atoms. The standard InChI is InChI=1S/C97H66N6O3/c104-97-87-61-69(67-41-47-79(48-42-67)102-89-57-51-81(98(71-25-9-1-10-26-71)72-27-11-2-12-28-72)63-93(89)105-94-64-82(52-58-90(94)102)99(73-29-13-3-14-30-73)74-31-15-4-16-32-74)45-55-85(87)86-56-46-70(62-88(86)97)68-43-49-80(50-44-68)103-91-59-53-83(100(75-33-17-5-18-34-75)76-35-19-6-20-36-76)65-95(91)106-96-66-84(54-60-92(96)103)101(77-37-21-7-22-38-77)78-39-23-8-24-40-78/h1-66H. The highest BCUT2D eigenvalue weighted by Gasteiger charge is 2.33. The third kappa shape index (κ3) is 11.5. The maximum atomic E-state index is 14.9. The first kappa shape index (κ1) is 62.6. The molecule has 0 radical (unpaired) electrons. The molecule has 0 fully saturated rings. The highest BCUT2D eigenvalue weighted by molar-refractivity contribution is 6.22. The smallest absolute Gasteiger partial charge is 0.194 e. The van der Waals surface area contributed by atoms with E-state index >= 15 is 0 Å². The maximum absolute atomic E-state index is 14.9. The summed E-state index contributed by atoms with van der Waals surface area (Å²) >= 11 is 0. The third-order valence-corrected chi connectivity index (χ3v) is 20.1. The lowest BCUT2D eigenvalue weighted by molar-refractivity contribution is 0.104. The van der Waals surface area contributed by atoms with Gasteiger partial charge in [-0.05, 0) is 215 Å². The normalized spacial score (nSPS) is 12.1. The molecule has 0 saturated carbocycles. The summed E-state index contributed by atoms with van der Waals surface area (Å²) in [5.74, 6) is 2.87. The Morgan fingerprint density at radius 2 is 0.406 bits per heavy atom. The van der Waals surface area contributed by atoms with Crippen LogP contribution in [0.5, 0.6) is 23.0 Å². The van der Waals surface area contributed by atoms with Crippen molar-refractivity contribution in [2.24, 2.45) is 0 Å². The van der Waals surface area contributed by atoms with E-state index in [4.69, 9.17) is 9.47 Å². The number of benzene rings is 16. The molecule has 0 bridgehead atoms. The molecule has 3 aliphatic rings. The largest absolute Gasteiger partial charge is 0.453 e. The SMILES string of the molecule is O=C1c2cc(-c3ccc(N4c5ccc(N(c6ccccc6)c6ccccc6)cc5Oc5cc(N(c6ccccc6)c6ccccc6)ccc54)cc3)ccc2-c2ccc(-c3ccc(N4c5ccc(N(c6ccccc6)c6ccccc6)cc5Oc5cc(N(c6ccccc6)c6ccccc6)ccc54)cc3)cc21. The summed E-state index contributed by atoms with van der Waals surface area (Å²) in [6.45, 7) is 0. The van der Waals surface area contributed by atoms with Crippen molar-refractivity contribution in [1.82, 2.24) is 0 Å². The van der Waals surface area contributed by atoms with Crippen LogP contribution in [-0.2, 0) is 0 Å². The van der Waals surface area contributed by atoms with Crippen LogP contribution in [0.25, 0.3) is 33.4 Å². The Morgan fingerprint density at radius 1 is 0.189 bits per heavy atom. The van der Waals surface area contributed by atoms with Gasteiger partial charge < -0.3 is 38.9 Å². The molecule has 2 aliphatic heterocycles. The zero-order chi connectivity index (χ0) is 70.4. The fourth-order valence-corrected chi connectivity index (χ4v) is 15.1. The van der Waals surface area contributed by atoms with Crippen LogP contribution >= 0.6 is 0 Å². The topological polar surface area (TPSA) is 55.0 Å². The Morgan fingerprint density at radius 3 is 0.632 bits per heavy atom. The van der Waals surface area contributed by atoms with Gasteiger partial charge in [-0.1, -0.05) is 194 Å². The van der Waals surface area contributed by atoms with Crippen LogP contribution in [0.15, 0.2) is 400 Å². The molecule has 19 rings (SSSR count). The lowest BCUT2D eigenvalue weighted by Gasteiger charge is -2.35. The molecule has 0 aromatic heterocycles. The second-order valence-corrected chi connectivity index (χ2v) is 26.5. The number of para-hydroxylation sites is 8. The van der Waals surface area contributed by atoms with E-state index in [0.29, 0.717) is 34.1 Å². The quantitative estimate of drug-likeness (QED) is 0.0942. The van der Waals surface area contributed by atoms with E-state index in [1.165, 1.54) is 0 Å². The molecular weight excluding hydrogens is 1300 g/mol. The number of rotatable bonds is 16. The molecule has 0 atom stereocenters. The predicted octanol–water partition coefficient (Wildman–Crippen LogP) is 27.3. The molecule has 0 N–H and O–H groups in total. The molecule has 0 amide bonds. The van der Waals surface area contributed by atoms with Crippen molar-refractivity contribution in [1.29, 1.82) is 0 Å². The minimum absolute atomic E-state index is 0.00913. The number of carbonyl (C=O) groups excluding carboxylic acids is 1. The van der Waals surface area contributed by atoms with Crippen molar-refractivity contribution >= 4 is 108 Å². The van der Waals surface area contributed by atoms with Crippen molar-refractivity contribution in [3.63, 3.8) is 0 Å². The van der Waals surface area contributed by atoms with Gasteiger partial charge in [-0.15, -0.1) is 0 Å². The van der Waals surface area contributed by atoms with Crippen molar-refractivity contribution in [3.05, 3.63) is 412 Å². The Bertz CT molecular complexity index is 5130. The number of nitrogens with zero attached hydrogens (tertiary/aromatic N) is 6. The van der Waals surface area contributed by atoms with Crippen molar-refractivity contribution in [3.8, 4) is 56.4 Å². The number of ether oxygens (including phenoxy) is 2. The van der Waals surface area contributed by atoms with E-state index < -0.39 is 0 Å². The zero-order valence-electron chi connectivity index (χ0n) is 57.5. The van der Waals surface area contributed by atoms with Gasteiger partial charge >= 0.3 is 0 Å². The summed E-state index contributed by atoms with van der Waals surface area (Å²) < 4.78 is 14.3. The first-order valence-electron chi connectivity index (χ1n) is 35.7. The van der Waals surface area contributed by atoms with Crippen LogP contribution in [0, 0.1) is 0 Å². The van der Waals surface area contributed by atoms with Crippen LogP contribution in [-0.4, -0.2) is 5.78 Å². The molecule has 0 unspecified atom stereocenters. The summed E-state index contributed by atoms with van der Waals surface area (Å²) in [5.41, 5.74) is 24.8. The van der Waals surface area contributed by atoms with Gasteiger partial charge in [0, 0.05) is 115 Å². The molecule has 0 saturated heterocycles. The summed E-state index contributed by atoms with van der Waals surface area (Å²) in [4.78, 5) is 28.5. The second kappa shape index (κ2) is 26.8. The van der Waals surface area contributed by atoms with E-state index in [1.54, 1.807) is 0 Å². The minimum atomic E-state index is 0.00913. The van der Waals surface area contributed by atoms with Gasteiger partial charge in [-0.2, -0.15) is 0 Å². The van der Waals surface area contributed by atoms with Gasteiger partial charge in [0.2, 0.25) is 0 Å². The molecule has 16 aromatic rings. The van der Waals surface area contributed by atoms with Crippen LogP contribution in [0.2, 0.25) is 0 Å². The van der Waals surface area contributed by atoms with Gasteiger partial charge in [0.1, 0.15) is 0 Å². The Hall–Kier alpha value is -14.4. The van der Waals surface area contributed by atoms with Crippen LogP contribution in [0.3, 0.4) is 0 Å². The molecule has 1 aliphatic carbocycles. The second-order valence-electron chi connectivity index (χ2n) is 26.5. The predicted molar refractivity (Wildman–Crippen MR) is 434 cm³/mol. The zero-order valence-corrected chi connectivity index (χ0v) is 57.5. The lowest BCUT2D eigenvalue weighted by atomic mass is 9.97. The average molecular weight is 1360 g/mol. The Labute approximate surface area is 616 Å². The number of hydrogen-bond donors (Lipinski definition) is 0. The summed E-state index contributed by atoms with van der Waals surface area (Å²) in [5, 5.41) is 0. The number of ketones is 1. The number of fused-ring (bicyclic) bond motifs is 7. The molecule has 16 aromatic carbocycles. The van der Waals surface area contributed by atoms with Crippen LogP contribution in [0.1, 0.15) is 15.9 Å². The first-order chi connectivity index (χ1) is 52.5. The first-order valence-corrected chi connectivity index (χ1v) is 35.7. The van der Waals surface area contributed by atoms with E-state index in [-0.39, 0.29) is 5.78 Å². The van der Waals surface area contributed by atoms with E-state index in [0.717, 1.165) is 136 Å². The molecule has 502 valence electrons. The monoisotopic (exact) mass is 1360 g/mol. The van der Waals surface area contributed by atoms with Gasteiger partial charge in [-0.3, -0.25) is 4.79 Å².